The van der Waals surface area contributed by atoms with E-state index in [1.165, 1.54) is 34.6 Å². The summed E-state index contributed by atoms with van der Waals surface area (Å²) >= 11 is 1.50. The fourth-order valence-corrected chi connectivity index (χ4v) is 2.37. The number of hydrogen-bond acceptors (Lipinski definition) is 4. The average Bonchev–Trinajstić information content (AvgIpc) is 2.17. The zero-order valence-electron chi connectivity index (χ0n) is 6.66. The molecular weight excluding hydrogens is 172 g/mol. The van der Waals surface area contributed by atoms with E-state index in [2.05, 4.69) is 10.1 Å². The molecule has 0 radical (unpaired) electrons. The summed E-state index contributed by atoms with van der Waals surface area (Å²) in [5.41, 5.74) is 1.33. The van der Waals surface area contributed by atoms with Crippen LogP contribution in [0.15, 0.2) is 11.4 Å². The van der Waals surface area contributed by atoms with E-state index in [0.29, 0.717) is 4.80 Å². The van der Waals surface area contributed by atoms with Crippen LogP contribution < -0.4 is 4.80 Å². The Morgan fingerprint density at radius 2 is 2.25 bits per heavy atom. The van der Waals surface area contributed by atoms with Crippen molar-refractivity contribution in [2.45, 2.75) is 25.7 Å². The van der Waals surface area contributed by atoms with Gasteiger partial charge in [-0.2, -0.15) is 0 Å². The van der Waals surface area contributed by atoms with Crippen LogP contribution in [-0.2, 0) is 12.8 Å². The van der Waals surface area contributed by atoms with Crippen LogP contribution in [0.2, 0.25) is 0 Å². The highest BCUT2D eigenvalue weighted by molar-refractivity contribution is 7.09. The Morgan fingerprint density at radius 3 is 3.08 bits per heavy atom. The van der Waals surface area contributed by atoms with Crippen LogP contribution in [-0.4, -0.2) is 10.2 Å². The average molecular weight is 182 g/mol. The molecule has 0 saturated heterocycles. The van der Waals surface area contributed by atoms with Crippen LogP contribution in [0.4, 0.5) is 0 Å². The summed E-state index contributed by atoms with van der Waals surface area (Å²) in [6, 6.07) is 0. The topological polar surface area (TPSA) is 45.5 Å². The van der Waals surface area contributed by atoms with Crippen molar-refractivity contribution < 1.29 is 5.21 Å². The number of hydrogen-bond donors (Lipinski definition) is 1. The van der Waals surface area contributed by atoms with E-state index in [1.54, 1.807) is 0 Å². The lowest BCUT2D eigenvalue weighted by Gasteiger charge is -2.12. The number of nitrogens with zero attached hydrogens (tertiary/aromatic N) is 2. The van der Waals surface area contributed by atoms with Gasteiger partial charge in [0, 0.05) is 11.1 Å². The molecule has 1 aliphatic carbocycles. The lowest BCUT2D eigenvalue weighted by molar-refractivity contribution is 0.301. The summed E-state index contributed by atoms with van der Waals surface area (Å²) in [6.07, 6.45) is 6.59. The van der Waals surface area contributed by atoms with Crippen molar-refractivity contribution in [3.05, 3.63) is 21.4 Å². The highest BCUT2D eigenvalue weighted by Crippen LogP contribution is 2.20. The van der Waals surface area contributed by atoms with Crippen molar-refractivity contribution in [2.24, 2.45) is 5.16 Å². The second-order valence-corrected chi connectivity index (χ2v) is 3.96. The minimum absolute atomic E-state index is 0.468. The fourth-order valence-electron chi connectivity index (χ4n) is 1.47. The second-order valence-electron chi connectivity index (χ2n) is 2.90. The first-order valence-corrected chi connectivity index (χ1v) is 4.88. The van der Waals surface area contributed by atoms with Gasteiger partial charge in [0.2, 0.25) is 4.80 Å². The Morgan fingerprint density at radius 1 is 1.42 bits per heavy atom. The van der Waals surface area contributed by atoms with E-state index in [4.69, 9.17) is 5.21 Å². The molecule has 0 fully saturated rings. The molecule has 1 aromatic heterocycles. The van der Waals surface area contributed by atoms with Gasteiger partial charge >= 0.3 is 0 Å². The molecule has 0 bridgehead atoms. The maximum Gasteiger partial charge on any atom is 0.246 e. The predicted octanol–water partition coefficient (Wildman–Crippen LogP) is 1.31. The number of rotatable bonds is 0. The monoisotopic (exact) mass is 182 g/mol. The lowest BCUT2D eigenvalue weighted by Crippen LogP contribution is -2.09. The molecule has 3 nitrogen and oxygen atoms in total. The van der Waals surface area contributed by atoms with Crippen LogP contribution in [0.5, 0.6) is 0 Å². The standard InChI is InChI=1S/C8H10N2OS/c11-10-8-9-5-6-3-1-2-4-7(6)12-8/h5,11H,1-4H2. The van der Waals surface area contributed by atoms with Crippen LogP contribution >= 0.6 is 11.3 Å². The highest BCUT2D eigenvalue weighted by atomic mass is 32.1. The van der Waals surface area contributed by atoms with Gasteiger partial charge in [0.15, 0.2) is 0 Å². The molecule has 1 heterocycles. The van der Waals surface area contributed by atoms with E-state index in [-0.39, 0.29) is 0 Å². The maximum absolute atomic E-state index is 8.51. The maximum atomic E-state index is 8.51. The first-order chi connectivity index (χ1) is 5.90. The van der Waals surface area contributed by atoms with Gasteiger partial charge in [-0.25, -0.2) is 4.98 Å². The first kappa shape index (κ1) is 7.73. The summed E-state index contributed by atoms with van der Waals surface area (Å²) in [4.78, 5) is 5.82. The van der Waals surface area contributed by atoms with Crippen molar-refractivity contribution in [3.63, 3.8) is 0 Å². The number of aromatic nitrogens is 1. The van der Waals surface area contributed by atoms with Gasteiger partial charge in [0.05, 0.1) is 0 Å². The summed E-state index contributed by atoms with van der Waals surface area (Å²) in [6.45, 7) is 0. The third-order valence-corrected chi connectivity index (χ3v) is 3.17. The van der Waals surface area contributed by atoms with E-state index in [9.17, 15) is 0 Å². The quantitative estimate of drug-likeness (QED) is 0.485. The van der Waals surface area contributed by atoms with Gasteiger partial charge in [-0.1, -0.05) is 16.5 Å². The van der Waals surface area contributed by atoms with Crippen LogP contribution in [0, 0.1) is 0 Å². The Kier molecular flexibility index (Phi) is 2.08. The van der Waals surface area contributed by atoms with Crippen LogP contribution in [0.1, 0.15) is 23.3 Å². The Labute approximate surface area is 74.4 Å². The van der Waals surface area contributed by atoms with Gasteiger partial charge in [0.25, 0.3) is 0 Å². The Balaban J connectivity index is 2.49. The first-order valence-electron chi connectivity index (χ1n) is 4.06. The van der Waals surface area contributed by atoms with Gasteiger partial charge < -0.3 is 5.21 Å². The molecular formula is C8H10N2OS. The van der Waals surface area contributed by atoms with E-state index in [0.717, 1.165) is 12.8 Å². The van der Waals surface area contributed by atoms with Crippen molar-refractivity contribution in [1.29, 1.82) is 0 Å². The molecule has 0 aromatic carbocycles. The molecule has 1 N–H and O–H groups in total. The molecule has 0 saturated carbocycles. The second kappa shape index (κ2) is 3.23. The van der Waals surface area contributed by atoms with Crippen LogP contribution in [0.3, 0.4) is 0 Å². The molecule has 1 aliphatic rings. The molecule has 2 rings (SSSR count). The third kappa shape index (κ3) is 1.34. The Bertz CT molecular complexity index is 345. The predicted molar refractivity (Wildman–Crippen MR) is 46.1 cm³/mol. The molecule has 64 valence electrons. The number of aryl methyl sites for hydroxylation is 2. The molecule has 0 unspecified atom stereocenters. The largest absolute Gasteiger partial charge is 0.408 e. The summed E-state index contributed by atoms with van der Waals surface area (Å²) in [5.74, 6) is 0. The van der Waals surface area contributed by atoms with Crippen molar-refractivity contribution in [3.8, 4) is 0 Å². The number of fused-ring (bicyclic) bond motifs is 1. The molecule has 0 atom stereocenters. The minimum Gasteiger partial charge on any atom is -0.408 e. The van der Waals surface area contributed by atoms with Gasteiger partial charge in [-0.15, -0.1) is 0 Å². The minimum atomic E-state index is 0.468. The molecule has 12 heavy (non-hydrogen) atoms. The van der Waals surface area contributed by atoms with Crippen molar-refractivity contribution in [2.75, 3.05) is 0 Å². The summed E-state index contributed by atoms with van der Waals surface area (Å²) in [7, 11) is 0. The van der Waals surface area contributed by atoms with E-state index >= 15 is 0 Å². The molecule has 0 aliphatic heterocycles. The normalized spacial score (nSPS) is 17.5. The van der Waals surface area contributed by atoms with Crippen LogP contribution in [0.25, 0.3) is 0 Å². The molecule has 0 spiro atoms. The van der Waals surface area contributed by atoms with E-state index in [1.807, 2.05) is 6.20 Å². The molecule has 0 amide bonds. The fraction of sp³-hybridized carbons (Fsp3) is 0.500. The van der Waals surface area contributed by atoms with Gasteiger partial charge in [-0.05, 0) is 31.2 Å². The zero-order chi connectivity index (χ0) is 8.39. The SMILES string of the molecule is ON=c1ncc2c(s1)CCCC2. The van der Waals surface area contributed by atoms with E-state index < -0.39 is 0 Å². The van der Waals surface area contributed by atoms with Crippen molar-refractivity contribution >= 4 is 11.3 Å². The Hall–Kier alpha value is -0.900. The molecule has 4 heteroatoms. The summed E-state index contributed by atoms with van der Waals surface area (Å²) < 4.78 is 0. The third-order valence-electron chi connectivity index (χ3n) is 2.09. The van der Waals surface area contributed by atoms with Gasteiger partial charge in [0.1, 0.15) is 0 Å². The smallest absolute Gasteiger partial charge is 0.246 e. The van der Waals surface area contributed by atoms with Crippen molar-refractivity contribution in [1.82, 2.24) is 4.98 Å². The molecule has 1 aromatic rings. The summed E-state index contributed by atoms with van der Waals surface area (Å²) in [5, 5.41) is 11.6. The highest BCUT2D eigenvalue weighted by Gasteiger charge is 2.09. The lowest BCUT2D eigenvalue weighted by atomic mass is 10.0. The van der Waals surface area contributed by atoms with Gasteiger partial charge in [-0.3, -0.25) is 0 Å². The zero-order valence-corrected chi connectivity index (χ0v) is 7.47.